The van der Waals surface area contributed by atoms with E-state index in [9.17, 15) is 8.78 Å². The summed E-state index contributed by atoms with van der Waals surface area (Å²) in [5.41, 5.74) is 6.71. The number of benzene rings is 2. The number of rotatable bonds is 3. The smallest absolute Gasteiger partial charge is 0.173 e. The highest BCUT2D eigenvalue weighted by atomic mass is 19.1. The van der Waals surface area contributed by atoms with Crippen LogP contribution in [-0.2, 0) is 0 Å². The van der Waals surface area contributed by atoms with E-state index in [0.29, 0.717) is 5.56 Å². The maximum atomic E-state index is 13.1. The Morgan fingerprint density at radius 3 is 2.40 bits per heavy atom. The van der Waals surface area contributed by atoms with E-state index in [2.05, 4.69) is 5.16 Å². The Labute approximate surface area is 114 Å². The van der Waals surface area contributed by atoms with Gasteiger partial charge in [0.2, 0.25) is 0 Å². The van der Waals surface area contributed by atoms with Crippen molar-refractivity contribution in [2.24, 2.45) is 10.9 Å². The minimum Gasteiger partial charge on any atom is -0.456 e. The molecule has 0 aliphatic rings. The summed E-state index contributed by atoms with van der Waals surface area (Å²) in [5.74, 6) is -1.43. The average molecular weight is 278 g/mol. The second kappa shape index (κ2) is 5.56. The van der Waals surface area contributed by atoms with E-state index < -0.39 is 11.6 Å². The molecule has 0 atom stereocenters. The molecule has 0 radical (unpaired) electrons. The minimum absolute atomic E-state index is 0.0138. The molecule has 0 amide bonds. The van der Waals surface area contributed by atoms with Crippen LogP contribution in [0.2, 0.25) is 0 Å². The summed E-state index contributed by atoms with van der Waals surface area (Å²) >= 11 is 0. The van der Waals surface area contributed by atoms with Crippen molar-refractivity contribution in [2.75, 3.05) is 0 Å². The number of oxime groups is 1. The average Bonchev–Trinajstić information content (AvgIpc) is 2.37. The highest BCUT2D eigenvalue weighted by Gasteiger charge is 2.11. The van der Waals surface area contributed by atoms with Crippen LogP contribution >= 0.6 is 0 Å². The Bertz CT molecular complexity index is 652. The summed E-state index contributed by atoms with van der Waals surface area (Å²) < 4.78 is 31.7. The largest absolute Gasteiger partial charge is 0.456 e. The second-order valence-electron chi connectivity index (χ2n) is 4.19. The molecule has 104 valence electrons. The molecule has 2 aromatic rings. The summed E-state index contributed by atoms with van der Waals surface area (Å²) in [6.45, 7) is 1.81. The van der Waals surface area contributed by atoms with Crippen LogP contribution in [0.25, 0.3) is 0 Å². The molecule has 0 bridgehead atoms. The van der Waals surface area contributed by atoms with Crippen LogP contribution in [0.1, 0.15) is 11.1 Å². The van der Waals surface area contributed by atoms with Crippen LogP contribution in [0.3, 0.4) is 0 Å². The predicted molar refractivity (Wildman–Crippen MR) is 70.1 cm³/mol. The van der Waals surface area contributed by atoms with Crippen molar-refractivity contribution >= 4 is 5.84 Å². The van der Waals surface area contributed by atoms with Crippen LogP contribution < -0.4 is 10.5 Å². The van der Waals surface area contributed by atoms with Crippen LogP contribution in [0.15, 0.2) is 41.6 Å². The molecule has 6 heteroatoms. The van der Waals surface area contributed by atoms with Gasteiger partial charge in [-0.3, -0.25) is 0 Å². The van der Waals surface area contributed by atoms with Gasteiger partial charge in [-0.1, -0.05) is 11.2 Å². The Morgan fingerprint density at radius 2 is 1.80 bits per heavy atom. The third kappa shape index (κ3) is 3.03. The third-order valence-corrected chi connectivity index (χ3v) is 2.58. The van der Waals surface area contributed by atoms with Crippen molar-refractivity contribution in [3.63, 3.8) is 0 Å². The van der Waals surface area contributed by atoms with Crippen LogP contribution in [-0.4, -0.2) is 11.0 Å². The molecule has 0 aromatic heterocycles. The topological polar surface area (TPSA) is 67.8 Å². The summed E-state index contributed by atoms with van der Waals surface area (Å²) in [7, 11) is 0. The number of hydrogen-bond donors (Lipinski definition) is 2. The first-order valence-corrected chi connectivity index (χ1v) is 5.72. The molecule has 0 fully saturated rings. The molecule has 0 heterocycles. The summed E-state index contributed by atoms with van der Waals surface area (Å²) in [4.78, 5) is 0. The summed E-state index contributed by atoms with van der Waals surface area (Å²) in [5, 5.41) is 11.6. The number of halogens is 2. The molecule has 2 rings (SSSR count). The van der Waals surface area contributed by atoms with E-state index in [1.165, 1.54) is 0 Å². The van der Waals surface area contributed by atoms with Gasteiger partial charge in [0.15, 0.2) is 5.84 Å². The zero-order valence-electron chi connectivity index (χ0n) is 10.6. The fraction of sp³-hybridized carbons (Fsp3) is 0.0714. The predicted octanol–water partition coefficient (Wildman–Crippen LogP) is 3.16. The van der Waals surface area contributed by atoms with Gasteiger partial charge in [0.1, 0.15) is 23.1 Å². The van der Waals surface area contributed by atoms with Gasteiger partial charge in [-0.05, 0) is 24.6 Å². The molecule has 4 nitrogen and oxygen atoms in total. The quantitative estimate of drug-likeness (QED) is 0.392. The number of amidine groups is 1. The molecule has 0 spiro atoms. The van der Waals surface area contributed by atoms with Crippen LogP contribution in [0.4, 0.5) is 8.78 Å². The lowest BCUT2D eigenvalue weighted by Crippen LogP contribution is -2.14. The van der Waals surface area contributed by atoms with Crippen molar-refractivity contribution < 1.29 is 18.7 Å². The highest BCUT2D eigenvalue weighted by Crippen LogP contribution is 2.27. The normalized spacial score (nSPS) is 11.4. The first kappa shape index (κ1) is 13.8. The van der Waals surface area contributed by atoms with Crippen molar-refractivity contribution in [1.82, 2.24) is 0 Å². The molecule has 0 unspecified atom stereocenters. The lowest BCUT2D eigenvalue weighted by molar-refractivity contribution is 0.318. The fourth-order valence-corrected chi connectivity index (χ4v) is 1.69. The number of nitrogens with two attached hydrogens (primary N) is 1. The van der Waals surface area contributed by atoms with E-state index in [0.717, 1.165) is 23.8 Å². The van der Waals surface area contributed by atoms with Gasteiger partial charge in [-0.15, -0.1) is 0 Å². The number of nitrogens with zero attached hydrogens (tertiary/aromatic N) is 1. The molecule has 0 aliphatic heterocycles. The van der Waals surface area contributed by atoms with E-state index in [4.69, 9.17) is 15.7 Å². The Kier molecular flexibility index (Phi) is 3.84. The van der Waals surface area contributed by atoms with Crippen LogP contribution in [0, 0.1) is 18.6 Å². The molecule has 0 saturated heterocycles. The van der Waals surface area contributed by atoms with Gasteiger partial charge in [0, 0.05) is 18.2 Å². The number of ether oxygens (including phenoxy) is 1. The van der Waals surface area contributed by atoms with Crippen molar-refractivity contribution in [1.29, 1.82) is 0 Å². The second-order valence-corrected chi connectivity index (χ2v) is 4.19. The Morgan fingerprint density at radius 1 is 1.15 bits per heavy atom. The van der Waals surface area contributed by atoms with Gasteiger partial charge in [-0.2, -0.15) is 0 Å². The van der Waals surface area contributed by atoms with Crippen molar-refractivity contribution in [3.8, 4) is 11.5 Å². The zero-order valence-corrected chi connectivity index (χ0v) is 10.6. The maximum absolute atomic E-state index is 13.1. The van der Waals surface area contributed by atoms with E-state index in [1.807, 2.05) is 6.92 Å². The monoisotopic (exact) mass is 278 g/mol. The first-order chi connectivity index (χ1) is 9.49. The van der Waals surface area contributed by atoms with E-state index >= 15 is 0 Å². The number of hydrogen-bond acceptors (Lipinski definition) is 3. The van der Waals surface area contributed by atoms with Crippen LogP contribution in [0.5, 0.6) is 11.5 Å². The zero-order chi connectivity index (χ0) is 14.7. The Balaban J connectivity index is 2.44. The lowest BCUT2D eigenvalue weighted by Gasteiger charge is -2.11. The first-order valence-electron chi connectivity index (χ1n) is 5.72. The minimum atomic E-state index is -0.752. The van der Waals surface area contributed by atoms with E-state index in [-0.39, 0.29) is 17.3 Å². The van der Waals surface area contributed by atoms with Crippen molar-refractivity contribution in [2.45, 2.75) is 6.92 Å². The standard InChI is InChI=1S/C14H12F2N2O2/c1-8-2-3-12(14(17)18-19)13(4-8)20-11-6-9(15)5-10(16)7-11/h2-7,19H,1H3,(H2,17,18). The highest BCUT2D eigenvalue weighted by molar-refractivity contribution is 5.99. The molecule has 0 aliphatic carbocycles. The summed E-state index contributed by atoms with van der Waals surface area (Å²) in [6.07, 6.45) is 0. The molecular weight excluding hydrogens is 266 g/mol. The van der Waals surface area contributed by atoms with Gasteiger partial charge in [-0.25, -0.2) is 8.78 Å². The maximum Gasteiger partial charge on any atom is 0.173 e. The van der Waals surface area contributed by atoms with E-state index in [1.54, 1.807) is 18.2 Å². The van der Waals surface area contributed by atoms with Crippen molar-refractivity contribution in [3.05, 3.63) is 59.2 Å². The van der Waals surface area contributed by atoms with Gasteiger partial charge in [0.25, 0.3) is 0 Å². The molecule has 0 saturated carbocycles. The molecule has 3 N–H and O–H groups in total. The van der Waals surface area contributed by atoms with Gasteiger partial charge >= 0.3 is 0 Å². The van der Waals surface area contributed by atoms with Gasteiger partial charge in [0.05, 0.1) is 5.56 Å². The molecule has 20 heavy (non-hydrogen) atoms. The lowest BCUT2D eigenvalue weighted by atomic mass is 10.1. The third-order valence-electron chi connectivity index (χ3n) is 2.58. The number of aryl methyl sites for hydroxylation is 1. The fourth-order valence-electron chi connectivity index (χ4n) is 1.69. The van der Waals surface area contributed by atoms with Gasteiger partial charge < -0.3 is 15.7 Å². The molecule has 2 aromatic carbocycles. The summed E-state index contributed by atoms with van der Waals surface area (Å²) in [6, 6.07) is 7.79. The Hall–Kier alpha value is -2.63. The SMILES string of the molecule is Cc1ccc(C(N)=NO)c(Oc2cc(F)cc(F)c2)c1. The molecular formula is C14H12F2N2O2.